The summed E-state index contributed by atoms with van der Waals surface area (Å²) < 4.78 is 70.8. The highest BCUT2D eigenvalue weighted by Gasteiger charge is 2.68. The molecule has 0 bridgehead atoms. The van der Waals surface area contributed by atoms with Crippen molar-refractivity contribution in [2.75, 3.05) is 6.61 Å². The van der Waals surface area contributed by atoms with Gasteiger partial charge in [0.1, 0.15) is 12.0 Å². The smallest absolute Gasteiger partial charge is 0.399 e. The van der Waals surface area contributed by atoms with Gasteiger partial charge in [0.2, 0.25) is 0 Å². The molecular weight excluding hydrogens is 271 g/mol. The molecule has 0 heterocycles. The Kier molecular flexibility index (Phi) is 4.79. The molecule has 0 saturated heterocycles. The van der Waals surface area contributed by atoms with Crippen LogP contribution in [-0.2, 0) is 9.53 Å². The average Bonchev–Trinajstić information content (AvgIpc) is 2.23. The fourth-order valence-corrected chi connectivity index (χ4v) is 1.43. The Bertz CT molecular complexity index is 356. The minimum absolute atomic E-state index is 0.421. The molecule has 0 fully saturated rings. The molecule has 2 nitrogen and oxygen atoms in total. The normalized spacial score (nSPS) is 14.2. The summed E-state index contributed by atoms with van der Waals surface area (Å²) in [5.41, 5.74) is -5.42. The first-order chi connectivity index (χ1) is 8.20. The molecule has 0 spiro atoms. The van der Waals surface area contributed by atoms with Crippen LogP contribution in [0.2, 0.25) is 0 Å². The van der Waals surface area contributed by atoms with Gasteiger partial charge in [-0.2, -0.15) is 13.2 Å². The lowest BCUT2D eigenvalue weighted by molar-refractivity contribution is -0.316. The van der Waals surface area contributed by atoms with Crippen molar-refractivity contribution in [1.82, 2.24) is 0 Å². The number of esters is 1. The van der Waals surface area contributed by atoms with Crippen LogP contribution in [-0.4, -0.2) is 24.7 Å². The Hall–Kier alpha value is -1.14. The summed E-state index contributed by atoms with van der Waals surface area (Å²) in [5, 5.41) is 0. The fourth-order valence-electron chi connectivity index (χ4n) is 1.43. The number of halogens is 5. The first-order valence-corrected chi connectivity index (χ1v) is 5.44. The fraction of sp³-hybridized carbons (Fsp3) is 0.750. The van der Waals surface area contributed by atoms with Gasteiger partial charge < -0.3 is 4.74 Å². The van der Waals surface area contributed by atoms with Crippen molar-refractivity contribution >= 4 is 5.97 Å². The third-order valence-electron chi connectivity index (χ3n) is 3.09. The molecule has 0 aliphatic heterocycles. The maximum atomic E-state index is 14.1. The Morgan fingerprint density at radius 1 is 1.11 bits per heavy atom. The van der Waals surface area contributed by atoms with Crippen molar-refractivity contribution < 1.29 is 31.5 Å². The Morgan fingerprint density at radius 3 is 1.84 bits per heavy atom. The zero-order valence-electron chi connectivity index (χ0n) is 11.2. The molecule has 0 aromatic carbocycles. The van der Waals surface area contributed by atoms with Crippen LogP contribution in [0.1, 0.15) is 27.7 Å². The highest BCUT2D eigenvalue weighted by Crippen LogP contribution is 2.56. The molecule has 112 valence electrons. The summed E-state index contributed by atoms with van der Waals surface area (Å²) in [6, 6.07) is 0. The predicted octanol–water partition coefficient (Wildman–Crippen LogP) is 3.97. The summed E-state index contributed by atoms with van der Waals surface area (Å²) >= 11 is 0. The third kappa shape index (κ3) is 3.25. The summed E-state index contributed by atoms with van der Waals surface area (Å²) in [6.45, 7) is 4.90. The molecule has 7 heteroatoms. The third-order valence-corrected chi connectivity index (χ3v) is 3.09. The van der Waals surface area contributed by atoms with E-state index >= 15 is 0 Å². The van der Waals surface area contributed by atoms with Crippen LogP contribution in [0.5, 0.6) is 0 Å². The van der Waals surface area contributed by atoms with E-state index in [0.29, 0.717) is 13.8 Å². The summed E-state index contributed by atoms with van der Waals surface area (Å²) in [7, 11) is 0. The van der Waals surface area contributed by atoms with E-state index in [1.165, 1.54) is 0 Å². The van der Waals surface area contributed by atoms with Crippen molar-refractivity contribution in [2.45, 2.75) is 39.8 Å². The Balaban J connectivity index is 5.27. The minimum atomic E-state index is -5.09. The number of hydrogen-bond acceptors (Lipinski definition) is 2. The quantitative estimate of drug-likeness (QED) is 0.435. The van der Waals surface area contributed by atoms with E-state index in [1.807, 2.05) is 0 Å². The van der Waals surface area contributed by atoms with E-state index < -0.39 is 35.5 Å². The molecule has 0 aliphatic carbocycles. The number of rotatable bonds is 5. The summed E-state index contributed by atoms with van der Waals surface area (Å²) in [5.74, 6) is -5.09. The largest absolute Gasteiger partial charge is 0.462 e. The van der Waals surface area contributed by atoms with Gasteiger partial charge in [0, 0.05) is 6.08 Å². The van der Waals surface area contributed by atoms with Gasteiger partial charge in [-0.15, -0.1) is 0 Å². The van der Waals surface area contributed by atoms with Crippen molar-refractivity contribution in [1.29, 1.82) is 0 Å². The summed E-state index contributed by atoms with van der Waals surface area (Å²) in [4.78, 5) is 10.8. The SMILES string of the molecule is C=CC(=O)OCC(C)(C)C(F)(F)C(C)(C)C(F)(F)F. The standard InChI is InChI=1S/C12H17F5O2/c1-6-8(18)19-7-9(2,3)11(13,14)10(4,5)12(15,16)17/h6H,1,7H2,2-5H3. The van der Waals surface area contributed by atoms with Crippen LogP contribution in [0.25, 0.3) is 0 Å². The monoisotopic (exact) mass is 288 g/mol. The van der Waals surface area contributed by atoms with Gasteiger partial charge in [0.05, 0.1) is 5.41 Å². The molecule has 0 N–H and O–H groups in total. The first kappa shape index (κ1) is 17.9. The van der Waals surface area contributed by atoms with Crippen molar-refractivity contribution in [2.24, 2.45) is 10.8 Å². The van der Waals surface area contributed by atoms with Crippen LogP contribution in [0.15, 0.2) is 12.7 Å². The lowest BCUT2D eigenvalue weighted by atomic mass is 9.70. The Morgan fingerprint density at radius 2 is 1.53 bits per heavy atom. The Labute approximate surface area is 108 Å². The van der Waals surface area contributed by atoms with E-state index in [2.05, 4.69) is 11.3 Å². The van der Waals surface area contributed by atoms with Gasteiger partial charge in [-0.3, -0.25) is 0 Å². The second-order valence-electron chi connectivity index (χ2n) is 5.39. The van der Waals surface area contributed by atoms with Crippen LogP contribution in [0.3, 0.4) is 0 Å². The molecule has 0 amide bonds. The maximum Gasteiger partial charge on any atom is 0.399 e. The van der Waals surface area contributed by atoms with Crippen LogP contribution < -0.4 is 0 Å². The van der Waals surface area contributed by atoms with E-state index in [1.54, 1.807) is 0 Å². The summed E-state index contributed by atoms with van der Waals surface area (Å²) in [6.07, 6.45) is -4.33. The second kappa shape index (κ2) is 5.09. The van der Waals surface area contributed by atoms with Crippen LogP contribution >= 0.6 is 0 Å². The molecule has 0 rings (SSSR count). The number of carbonyl (C=O) groups is 1. The number of ether oxygens (including phenoxy) is 1. The number of carbonyl (C=O) groups excluding carboxylic acids is 1. The van der Waals surface area contributed by atoms with Gasteiger partial charge >= 0.3 is 12.1 Å². The molecule has 0 aromatic heterocycles. The lowest BCUT2D eigenvalue weighted by Crippen LogP contribution is -2.57. The topological polar surface area (TPSA) is 26.3 Å². The molecule has 0 saturated carbocycles. The van der Waals surface area contributed by atoms with Crippen LogP contribution in [0, 0.1) is 10.8 Å². The molecule has 0 atom stereocenters. The average molecular weight is 288 g/mol. The van der Waals surface area contributed by atoms with Gasteiger partial charge in [-0.05, 0) is 13.8 Å². The molecule has 0 aromatic rings. The van der Waals surface area contributed by atoms with E-state index in [0.717, 1.165) is 19.9 Å². The number of hydrogen-bond donors (Lipinski definition) is 0. The van der Waals surface area contributed by atoms with Crippen molar-refractivity contribution in [3.63, 3.8) is 0 Å². The first-order valence-electron chi connectivity index (χ1n) is 5.44. The van der Waals surface area contributed by atoms with E-state index in [4.69, 9.17) is 0 Å². The van der Waals surface area contributed by atoms with Crippen molar-refractivity contribution in [3.8, 4) is 0 Å². The van der Waals surface area contributed by atoms with E-state index in [9.17, 15) is 26.7 Å². The highest BCUT2D eigenvalue weighted by atomic mass is 19.4. The maximum absolute atomic E-state index is 14.1. The van der Waals surface area contributed by atoms with Gasteiger partial charge in [0.15, 0.2) is 0 Å². The molecular formula is C12H17F5O2. The van der Waals surface area contributed by atoms with Gasteiger partial charge in [0.25, 0.3) is 5.92 Å². The second-order valence-corrected chi connectivity index (χ2v) is 5.39. The predicted molar refractivity (Wildman–Crippen MR) is 59.7 cm³/mol. The number of alkyl halides is 5. The molecule has 0 aliphatic rings. The van der Waals surface area contributed by atoms with E-state index in [-0.39, 0.29) is 0 Å². The zero-order valence-corrected chi connectivity index (χ0v) is 11.2. The molecule has 19 heavy (non-hydrogen) atoms. The molecule has 0 radical (unpaired) electrons. The van der Waals surface area contributed by atoms with Gasteiger partial charge in [-0.25, -0.2) is 13.6 Å². The van der Waals surface area contributed by atoms with Crippen molar-refractivity contribution in [3.05, 3.63) is 12.7 Å². The minimum Gasteiger partial charge on any atom is -0.462 e. The van der Waals surface area contributed by atoms with Gasteiger partial charge in [-0.1, -0.05) is 20.4 Å². The lowest BCUT2D eigenvalue weighted by Gasteiger charge is -2.44. The molecule has 0 unspecified atom stereocenters. The zero-order chi connectivity index (χ0) is 15.7. The highest BCUT2D eigenvalue weighted by molar-refractivity contribution is 5.81. The van der Waals surface area contributed by atoms with Crippen LogP contribution in [0.4, 0.5) is 22.0 Å².